The third-order valence-corrected chi connectivity index (χ3v) is 2.67. The quantitative estimate of drug-likeness (QED) is 0.637. The summed E-state index contributed by atoms with van der Waals surface area (Å²) in [6, 6.07) is 10.6. The van der Waals surface area contributed by atoms with Crippen molar-refractivity contribution in [1.29, 1.82) is 0 Å². The predicted molar refractivity (Wildman–Crippen MR) is 63.9 cm³/mol. The largest absolute Gasteiger partial charge is 0.123 e. The molecule has 0 amide bonds. The van der Waals surface area contributed by atoms with Gasteiger partial charge in [-0.15, -0.1) is 11.6 Å². The lowest BCUT2D eigenvalue weighted by molar-refractivity contribution is 0.490. The van der Waals surface area contributed by atoms with Gasteiger partial charge in [-0.3, -0.25) is 0 Å². The van der Waals surface area contributed by atoms with E-state index < -0.39 is 0 Å². The van der Waals surface area contributed by atoms with E-state index in [1.807, 2.05) is 0 Å². The summed E-state index contributed by atoms with van der Waals surface area (Å²) in [7, 11) is 0. The highest BCUT2D eigenvalue weighted by Gasteiger charge is 2.06. The van der Waals surface area contributed by atoms with Crippen LogP contribution in [0.25, 0.3) is 0 Å². The molecule has 1 heteroatoms. The van der Waals surface area contributed by atoms with Gasteiger partial charge in [0, 0.05) is 5.38 Å². The normalized spacial score (nSPS) is 15.1. The van der Waals surface area contributed by atoms with Gasteiger partial charge in [-0.2, -0.15) is 0 Å². The Balaban J connectivity index is 2.27. The van der Waals surface area contributed by atoms with Crippen LogP contribution in [-0.2, 0) is 6.42 Å². The maximum atomic E-state index is 5.95. The van der Waals surface area contributed by atoms with Crippen LogP contribution in [0.15, 0.2) is 30.3 Å². The van der Waals surface area contributed by atoms with Gasteiger partial charge in [0.25, 0.3) is 0 Å². The highest BCUT2D eigenvalue weighted by molar-refractivity contribution is 6.20. The summed E-state index contributed by atoms with van der Waals surface area (Å²) < 4.78 is 0. The molecule has 78 valence electrons. The van der Waals surface area contributed by atoms with E-state index in [4.69, 9.17) is 11.6 Å². The second-order valence-corrected chi connectivity index (χ2v) is 4.89. The molecule has 2 unspecified atom stereocenters. The number of rotatable bonds is 5. The molecule has 0 spiro atoms. The first-order valence-electron chi connectivity index (χ1n) is 5.36. The molecule has 0 aromatic heterocycles. The minimum Gasteiger partial charge on any atom is -0.123 e. The van der Waals surface area contributed by atoms with E-state index in [2.05, 4.69) is 44.2 Å². The molecule has 0 heterocycles. The molecule has 1 rings (SSSR count). The van der Waals surface area contributed by atoms with Crippen LogP contribution in [0.1, 0.15) is 32.3 Å². The number of aryl methyl sites for hydroxylation is 1. The zero-order chi connectivity index (χ0) is 10.4. The lowest BCUT2D eigenvalue weighted by atomic mass is 9.97. The van der Waals surface area contributed by atoms with E-state index in [0.29, 0.717) is 5.38 Å². The third-order valence-electron chi connectivity index (χ3n) is 2.50. The lowest BCUT2D eigenvalue weighted by Gasteiger charge is -2.12. The molecule has 0 aliphatic heterocycles. The molecule has 2 atom stereocenters. The molecule has 14 heavy (non-hydrogen) atoms. The van der Waals surface area contributed by atoms with Crippen LogP contribution in [0.2, 0.25) is 0 Å². The summed E-state index contributed by atoms with van der Waals surface area (Å²) in [4.78, 5) is 0. The summed E-state index contributed by atoms with van der Waals surface area (Å²) in [6.45, 7) is 4.35. The molecular weight excluding hydrogens is 192 g/mol. The van der Waals surface area contributed by atoms with Crippen molar-refractivity contribution in [3.8, 4) is 0 Å². The van der Waals surface area contributed by atoms with Crippen LogP contribution in [0.3, 0.4) is 0 Å². The molecule has 0 bridgehead atoms. The summed E-state index contributed by atoms with van der Waals surface area (Å²) >= 11 is 5.95. The first-order valence-corrected chi connectivity index (χ1v) is 5.80. The SMILES string of the molecule is CC(Cl)CC(C)CCc1ccccc1. The Morgan fingerprint density at radius 3 is 2.36 bits per heavy atom. The molecule has 0 radical (unpaired) electrons. The van der Waals surface area contributed by atoms with E-state index in [0.717, 1.165) is 12.3 Å². The third kappa shape index (κ3) is 4.66. The number of hydrogen-bond donors (Lipinski definition) is 0. The van der Waals surface area contributed by atoms with E-state index >= 15 is 0 Å². The van der Waals surface area contributed by atoms with Crippen LogP contribution in [0, 0.1) is 5.92 Å². The number of hydrogen-bond acceptors (Lipinski definition) is 0. The Morgan fingerprint density at radius 2 is 1.79 bits per heavy atom. The summed E-state index contributed by atoms with van der Waals surface area (Å²) in [5.74, 6) is 0.725. The van der Waals surface area contributed by atoms with Crippen molar-refractivity contribution in [2.75, 3.05) is 0 Å². The Hall–Kier alpha value is -0.490. The van der Waals surface area contributed by atoms with Gasteiger partial charge in [0.2, 0.25) is 0 Å². The smallest absolute Gasteiger partial charge is 0.0310 e. The van der Waals surface area contributed by atoms with E-state index in [9.17, 15) is 0 Å². The Kier molecular flexibility index (Phi) is 5.03. The van der Waals surface area contributed by atoms with Crippen molar-refractivity contribution >= 4 is 11.6 Å². The highest BCUT2D eigenvalue weighted by Crippen LogP contribution is 2.16. The fraction of sp³-hybridized carbons (Fsp3) is 0.538. The maximum Gasteiger partial charge on any atom is 0.0310 e. The number of halogens is 1. The Bertz CT molecular complexity index is 241. The lowest BCUT2D eigenvalue weighted by Crippen LogP contribution is -2.03. The van der Waals surface area contributed by atoms with Gasteiger partial charge in [0.15, 0.2) is 0 Å². The minimum atomic E-state index is 0.306. The standard InChI is InChI=1S/C13H19Cl/c1-11(10-12(2)14)8-9-13-6-4-3-5-7-13/h3-7,11-12H,8-10H2,1-2H3. The molecule has 0 N–H and O–H groups in total. The van der Waals surface area contributed by atoms with Gasteiger partial charge in [-0.25, -0.2) is 0 Å². The van der Waals surface area contributed by atoms with E-state index in [-0.39, 0.29) is 0 Å². The van der Waals surface area contributed by atoms with Crippen molar-refractivity contribution in [3.63, 3.8) is 0 Å². The van der Waals surface area contributed by atoms with Crippen LogP contribution in [-0.4, -0.2) is 5.38 Å². The average molecular weight is 211 g/mol. The molecular formula is C13H19Cl. The van der Waals surface area contributed by atoms with Crippen molar-refractivity contribution in [1.82, 2.24) is 0 Å². The predicted octanol–water partition coefficient (Wildman–Crippen LogP) is 4.27. The summed E-state index contributed by atoms with van der Waals surface area (Å²) in [6.07, 6.45) is 3.53. The number of benzene rings is 1. The fourth-order valence-electron chi connectivity index (χ4n) is 1.73. The second-order valence-electron chi connectivity index (χ2n) is 4.15. The first-order chi connectivity index (χ1) is 6.68. The van der Waals surface area contributed by atoms with Gasteiger partial charge in [-0.05, 0) is 37.7 Å². The number of alkyl halides is 1. The van der Waals surface area contributed by atoms with Crippen LogP contribution in [0.4, 0.5) is 0 Å². The molecule has 1 aromatic carbocycles. The van der Waals surface area contributed by atoms with Crippen LogP contribution in [0.5, 0.6) is 0 Å². The van der Waals surface area contributed by atoms with Gasteiger partial charge < -0.3 is 0 Å². The zero-order valence-electron chi connectivity index (χ0n) is 9.04. The molecule has 0 aliphatic carbocycles. The van der Waals surface area contributed by atoms with Gasteiger partial charge in [0.05, 0.1) is 0 Å². The topological polar surface area (TPSA) is 0 Å². The van der Waals surface area contributed by atoms with E-state index in [1.165, 1.54) is 18.4 Å². The van der Waals surface area contributed by atoms with Crippen molar-refractivity contribution in [3.05, 3.63) is 35.9 Å². The van der Waals surface area contributed by atoms with Gasteiger partial charge in [-0.1, -0.05) is 37.3 Å². The monoisotopic (exact) mass is 210 g/mol. The summed E-state index contributed by atoms with van der Waals surface area (Å²) in [5.41, 5.74) is 1.43. The van der Waals surface area contributed by atoms with Crippen molar-refractivity contribution in [2.24, 2.45) is 5.92 Å². The second kappa shape index (κ2) is 6.08. The Labute approximate surface area is 92.3 Å². The molecule has 0 aliphatic rings. The van der Waals surface area contributed by atoms with Crippen molar-refractivity contribution in [2.45, 2.75) is 38.5 Å². The first kappa shape index (κ1) is 11.6. The summed E-state index contributed by atoms with van der Waals surface area (Å²) in [5, 5.41) is 0.306. The molecule has 1 aromatic rings. The van der Waals surface area contributed by atoms with Crippen molar-refractivity contribution < 1.29 is 0 Å². The van der Waals surface area contributed by atoms with Crippen LogP contribution < -0.4 is 0 Å². The molecule has 0 saturated heterocycles. The Morgan fingerprint density at radius 1 is 1.14 bits per heavy atom. The van der Waals surface area contributed by atoms with Gasteiger partial charge >= 0.3 is 0 Å². The molecule has 0 fully saturated rings. The van der Waals surface area contributed by atoms with E-state index in [1.54, 1.807) is 0 Å². The highest BCUT2D eigenvalue weighted by atomic mass is 35.5. The van der Waals surface area contributed by atoms with Crippen LogP contribution >= 0.6 is 11.6 Å². The minimum absolute atomic E-state index is 0.306. The molecule has 0 saturated carbocycles. The fourth-order valence-corrected chi connectivity index (χ4v) is 2.03. The molecule has 0 nitrogen and oxygen atoms in total. The van der Waals surface area contributed by atoms with Gasteiger partial charge in [0.1, 0.15) is 0 Å². The zero-order valence-corrected chi connectivity index (χ0v) is 9.80. The maximum absolute atomic E-state index is 5.95. The average Bonchev–Trinajstić information content (AvgIpc) is 2.15.